The van der Waals surface area contributed by atoms with Crippen LogP contribution in [0, 0.1) is 6.92 Å². The minimum Gasteiger partial charge on any atom is -0.305 e. The van der Waals surface area contributed by atoms with Gasteiger partial charge in [0.1, 0.15) is 0 Å². The molecule has 0 radical (unpaired) electrons. The molecule has 0 aliphatic carbocycles. The number of hydrogen-bond donors (Lipinski definition) is 1. The normalized spacial score (nSPS) is 12.6. The Morgan fingerprint density at radius 1 is 1.31 bits per heavy atom. The number of pyridine rings is 1. The van der Waals surface area contributed by atoms with Crippen LogP contribution in [0.3, 0.4) is 0 Å². The Labute approximate surface area is 100 Å². The highest BCUT2D eigenvalue weighted by atomic mass is 32.1. The molecule has 2 heterocycles. The second-order valence-corrected chi connectivity index (χ2v) is 4.87. The summed E-state index contributed by atoms with van der Waals surface area (Å²) in [4.78, 5) is 5.44. The maximum atomic E-state index is 4.01. The number of rotatable bonds is 4. The lowest BCUT2D eigenvalue weighted by Gasteiger charge is -2.13. The minimum absolute atomic E-state index is 0.410. The van der Waals surface area contributed by atoms with Crippen molar-refractivity contribution in [1.82, 2.24) is 10.3 Å². The highest BCUT2D eigenvalue weighted by Crippen LogP contribution is 2.23. The lowest BCUT2D eigenvalue weighted by atomic mass is 10.2. The summed E-state index contributed by atoms with van der Waals surface area (Å²) in [6.45, 7) is 5.26. The van der Waals surface area contributed by atoms with Gasteiger partial charge in [0.05, 0.1) is 0 Å². The van der Waals surface area contributed by atoms with Crippen molar-refractivity contribution in [3.8, 4) is 0 Å². The van der Waals surface area contributed by atoms with E-state index in [2.05, 4.69) is 35.6 Å². The average molecular weight is 232 g/mol. The molecule has 2 rings (SSSR count). The van der Waals surface area contributed by atoms with Gasteiger partial charge in [0.2, 0.25) is 0 Å². The molecule has 0 bridgehead atoms. The number of hydrogen-bond acceptors (Lipinski definition) is 3. The number of thiophene rings is 1. The molecule has 0 saturated heterocycles. The van der Waals surface area contributed by atoms with Gasteiger partial charge in [-0.15, -0.1) is 11.3 Å². The number of aromatic nitrogens is 1. The Kier molecular flexibility index (Phi) is 3.70. The molecular weight excluding hydrogens is 216 g/mol. The fourth-order valence-electron chi connectivity index (χ4n) is 1.69. The maximum Gasteiger partial charge on any atom is 0.0391 e. The van der Waals surface area contributed by atoms with Gasteiger partial charge in [0, 0.05) is 29.9 Å². The van der Waals surface area contributed by atoms with E-state index in [1.807, 2.05) is 35.9 Å². The fourth-order valence-corrected chi connectivity index (χ4v) is 2.65. The molecule has 2 aromatic heterocycles. The quantitative estimate of drug-likeness (QED) is 0.875. The van der Waals surface area contributed by atoms with E-state index < -0.39 is 0 Å². The zero-order valence-corrected chi connectivity index (χ0v) is 10.4. The molecule has 0 fully saturated rings. The first kappa shape index (κ1) is 11.3. The first-order valence-corrected chi connectivity index (χ1v) is 6.31. The molecule has 1 atom stereocenters. The van der Waals surface area contributed by atoms with Crippen molar-refractivity contribution in [3.63, 3.8) is 0 Å². The smallest absolute Gasteiger partial charge is 0.0391 e. The van der Waals surface area contributed by atoms with Crippen LogP contribution >= 0.6 is 11.3 Å². The molecule has 1 N–H and O–H groups in total. The van der Waals surface area contributed by atoms with Gasteiger partial charge in [-0.2, -0.15) is 0 Å². The molecule has 2 aromatic rings. The van der Waals surface area contributed by atoms with E-state index in [0.29, 0.717) is 6.04 Å². The first-order valence-electron chi connectivity index (χ1n) is 5.43. The predicted molar refractivity (Wildman–Crippen MR) is 68.5 cm³/mol. The van der Waals surface area contributed by atoms with E-state index in [-0.39, 0.29) is 0 Å². The third kappa shape index (κ3) is 2.68. The van der Waals surface area contributed by atoms with Gasteiger partial charge in [-0.25, -0.2) is 0 Å². The Bertz CT molecular complexity index is 436. The third-order valence-electron chi connectivity index (χ3n) is 2.66. The predicted octanol–water partition coefficient (Wildman–Crippen LogP) is 3.30. The summed E-state index contributed by atoms with van der Waals surface area (Å²) < 4.78 is 0. The minimum atomic E-state index is 0.410. The summed E-state index contributed by atoms with van der Waals surface area (Å²) in [6, 6.07) is 6.67. The largest absolute Gasteiger partial charge is 0.305 e. The zero-order valence-electron chi connectivity index (χ0n) is 9.60. The van der Waals surface area contributed by atoms with Crippen molar-refractivity contribution in [2.75, 3.05) is 0 Å². The number of nitrogens with one attached hydrogen (secondary N) is 1. The highest BCUT2D eigenvalue weighted by molar-refractivity contribution is 7.10. The Hall–Kier alpha value is -1.19. The SMILES string of the molecule is Cc1ccsc1C(C)NCc1ccncc1. The van der Waals surface area contributed by atoms with Crippen molar-refractivity contribution in [2.45, 2.75) is 26.4 Å². The van der Waals surface area contributed by atoms with E-state index in [9.17, 15) is 0 Å². The molecule has 84 valence electrons. The van der Waals surface area contributed by atoms with Crippen molar-refractivity contribution >= 4 is 11.3 Å². The van der Waals surface area contributed by atoms with Gasteiger partial charge in [0.25, 0.3) is 0 Å². The topological polar surface area (TPSA) is 24.9 Å². The van der Waals surface area contributed by atoms with Crippen LogP contribution < -0.4 is 5.32 Å². The molecule has 0 spiro atoms. The van der Waals surface area contributed by atoms with Crippen molar-refractivity contribution < 1.29 is 0 Å². The van der Waals surface area contributed by atoms with Gasteiger partial charge >= 0.3 is 0 Å². The van der Waals surface area contributed by atoms with Crippen molar-refractivity contribution in [2.24, 2.45) is 0 Å². The Balaban J connectivity index is 1.94. The van der Waals surface area contributed by atoms with E-state index in [4.69, 9.17) is 0 Å². The lowest BCUT2D eigenvalue weighted by molar-refractivity contribution is 0.580. The molecule has 0 aromatic carbocycles. The molecule has 2 nitrogen and oxygen atoms in total. The van der Waals surface area contributed by atoms with Crippen molar-refractivity contribution in [1.29, 1.82) is 0 Å². The summed E-state index contributed by atoms with van der Waals surface area (Å²) in [7, 11) is 0. The standard InChI is InChI=1S/C13H16N2S/c1-10-5-8-16-13(10)11(2)15-9-12-3-6-14-7-4-12/h3-8,11,15H,9H2,1-2H3. The Morgan fingerprint density at radius 2 is 2.06 bits per heavy atom. The molecule has 16 heavy (non-hydrogen) atoms. The average Bonchev–Trinajstić information content (AvgIpc) is 2.74. The molecule has 0 amide bonds. The van der Waals surface area contributed by atoms with Crippen LogP contribution in [0.4, 0.5) is 0 Å². The highest BCUT2D eigenvalue weighted by Gasteiger charge is 2.08. The summed E-state index contributed by atoms with van der Waals surface area (Å²) >= 11 is 1.82. The van der Waals surface area contributed by atoms with E-state index >= 15 is 0 Å². The monoisotopic (exact) mass is 232 g/mol. The summed E-state index contributed by atoms with van der Waals surface area (Å²) in [5.74, 6) is 0. The molecule has 0 aliphatic heterocycles. The van der Waals surface area contributed by atoms with Crippen LogP contribution in [-0.4, -0.2) is 4.98 Å². The van der Waals surface area contributed by atoms with Crippen LogP contribution in [0.5, 0.6) is 0 Å². The first-order chi connectivity index (χ1) is 7.77. The summed E-state index contributed by atoms with van der Waals surface area (Å²) in [5.41, 5.74) is 2.65. The number of aryl methyl sites for hydroxylation is 1. The van der Waals surface area contributed by atoms with Gasteiger partial charge in [-0.1, -0.05) is 0 Å². The molecular formula is C13H16N2S. The fraction of sp³-hybridized carbons (Fsp3) is 0.308. The summed E-state index contributed by atoms with van der Waals surface area (Å²) in [6.07, 6.45) is 3.66. The van der Waals surface area contributed by atoms with Crippen LogP contribution in [0.1, 0.15) is 29.0 Å². The zero-order chi connectivity index (χ0) is 11.4. The Morgan fingerprint density at radius 3 is 2.69 bits per heavy atom. The second-order valence-electron chi connectivity index (χ2n) is 3.93. The van der Waals surface area contributed by atoms with Gasteiger partial charge in [-0.3, -0.25) is 4.98 Å². The van der Waals surface area contributed by atoms with Crippen molar-refractivity contribution in [3.05, 3.63) is 52.0 Å². The maximum absolute atomic E-state index is 4.01. The number of nitrogens with zero attached hydrogens (tertiary/aromatic N) is 1. The van der Waals surface area contributed by atoms with E-state index in [1.54, 1.807) is 0 Å². The van der Waals surface area contributed by atoms with E-state index in [0.717, 1.165) is 6.54 Å². The summed E-state index contributed by atoms with van der Waals surface area (Å²) in [5, 5.41) is 5.67. The van der Waals surface area contributed by atoms with Crippen LogP contribution in [0.2, 0.25) is 0 Å². The van der Waals surface area contributed by atoms with Crippen LogP contribution in [0.25, 0.3) is 0 Å². The second kappa shape index (κ2) is 5.23. The van der Waals surface area contributed by atoms with Gasteiger partial charge in [-0.05, 0) is 48.6 Å². The van der Waals surface area contributed by atoms with Gasteiger partial charge in [0.15, 0.2) is 0 Å². The third-order valence-corrected chi connectivity index (χ3v) is 3.86. The van der Waals surface area contributed by atoms with E-state index in [1.165, 1.54) is 16.0 Å². The molecule has 0 saturated carbocycles. The van der Waals surface area contributed by atoms with Crippen LogP contribution in [-0.2, 0) is 6.54 Å². The van der Waals surface area contributed by atoms with Gasteiger partial charge < -0.3 is 5.32 Å². The molecule has 1 unspecified atom stereocenters. The molecule has 3 heteroatoms. The molecule has 0 aliphatic rings. The van der Waals surface area contributed by atoms with Crippen LogP contribution in [0.15, 0.2) is 36.0 Å². The lowest BCUT2D eigenvalue weighted by Crippen LogP contribution is -2.17.